The van der Waals surface area contributed by atoms with Crippen LogP contribution in [0.15, 0.2) is 54.6 Å². The third kappa shape index (κ3) is 6.42. The van der Waals surface area contributed by atoms with Gasteiger partial charge in [-0.05, 0) is 28.7 Å². The predicted octanol–water partition coefficient (Wildman–Crippen LogP) is 4.45. The molecule has 0 radical (unpaired) electrons. The van der Waals surface area contributed by atoms with Crippen molar-refractivity contribution in [3.63, 3.8) is 0 Å². The van der Waals surface area contributed by atoms with E-state index in [0.29, 0.717) is 0 Å². The minimum atomic E-state index is -0.372. The maximum atomic E-state index is 11.8. The first-order valence-electron chi connectivity index (χ1n) is 8.44. The van der Waals surface area contributed by atoms with E-state index in [2.05, 4.69) is 38.2 Å². The molecule has 0 aromatic heterocycles. The topological polar surface area (TPSA) is 55.4 Å². The molecule has 0 aliphatic rings. The molecule has 0 unspecified atom stereocenters. The van der Waals surface area contributed by atoms with E-state index >= 15 is 0 Å². The van der Waals surface area contributed by atoms with Crippen molar-refractivity contribution in [2.24, 2.45) is 0 Å². The second-order valence-electron chi connectivity index (χ2n) is 7.02. The molecule has 2 rings (SSSR count). The van der Waals surface area contributed by atoms with E-state index in [1.54, 1.807) is 12.1 Å². The van der Waals surface area contributed by atoms with Gasteiger partial charge in [0.1, 0.15) is 6.61 Å². The Kier molecular flexibility index (Phi) is 6.34. The molecule has 0 saturated heterocycles. The van der Waals surface area contributed by atoms with Gasteiger partial charge in [-0.1, -0.05) is 63.2 Å². The average Bonchev–Trinajstić information content (AvgIpc) is 2.58. The molecule has 2 aromatic carbocycles. The van der Waals surface area contributed by atoms with Gasteiger partial charge >= 0.3 is 5.97 Å². The van der Waals surface area contributed by atoms with Crippen LogP contribution >= 0.6 is 0 Å². The summed E-state index contributed by atoms with van der Waals surface area (Å²) in [5, 5.41) is 2.74. The van der Waals surface area contributed by atoms with Gasteiger partial charge in [0, 0.05) is 12.1 Å². The van der Waals surface area contributed by atoms with Gasteiger partial charge in [0.05, 0.1) is 6.42 Å². The fourth-order valence-electron chi connectivity index (χ4n) is 2.30. The summed E-state index contributed by atoms with van der Waals surface area (Å²) in [5.41, 5.74) is 3.00. The zero-order valence-corrected chi connectivity index (χ0v) is 15.0. The van der Waals surface area contributed by atoms with Crippen LogP contribution in [0.3, 0.4) is 0 Å². The number of para-hydroxylation sites is 1. The molecule has 0 fully saturated rings. The Hall–Kier alpha value is -2.62. The second kappa shape index (κ2) is 8.47. The first-order chi connectivity index (χ1) is 11.8. The molecular formula is C21H25NO3. The second-order valence-corrected chi connectivity index (χ2v) is 7.02. The van der Waals surface area contributed by atoms with Gasteiger partial charge in [-0.2, -0.15) is 0 Å². The zero-order valence-electron chi connectivity index (χ0n) is 15.0. The summed E-state index contributed by atoms with van der Waals surface area (Å²) in [4.78, 5) is 23.6. The van der Waals surface area contributed by atoms with Crippen molar-refractivity contribution in [3.8, 4) is 0 Å². The normalized spacial score (nSPS) is 11.0. The summed E-state index contributed by atoms with van der Waals surface area (Å²) in [6.07, 6.45) is 0.176. The summed E-state index contributed by atoms with van der Waals surface area (Å²) in [7, 11) is 0. The van der Waals surface area contributed by atoms with Gasteiger partial charge in [-0.3, -0.25) is 9.59 Å². The van der Waals surface area contributed by atoms with Gasteiger partial charge in [-0.15, -0.1) is 0 Å². The highest BCUT2D eigenvalue weighted by Crippen LogP contribution is 2.22. The van der Waals surface area contributed by atoms with Crippen molar-refractivity contribution in [2.75, 3.05) is 5.32 Å². The third-order valence-corrected chi connectivity index (χ3v) is 3.83. The molecule has 0 aliphatic heterocycles. The van der Waals surface area contributed by atoms with E-state index < -0.39 is 0 Å². The number of hydrogen-bond acceptors (Lipinski definition) is 3. The van der Waals surface area contributed by atoms with E-state index in [4.69, 9.17) is 4.74 Å². The lowest BCUT2D eigenvalue weighted by Crippen LogP contribution is -2.14. The van der Waals surface area contributed by atoms with Crippen LogP contribution in [0.4, 0.5) is 5.69 Å². The van der Waals surface area contributed by atoms with Gasteiger partial charge < -0.3 is 10.1 Å². The van der Waals surface area contributed by atoms with E-state index in [9.17, 15) is 9.59 Å². The van der Waals surface area contributed by atoms with Crippen LogP contribution in [0.5, 0.6) is 0 Å². The van der Waals surface area contributed by atoms with Gasteiger partial charge in [0.15, 0.2) is 0 Å². The molecule has 0 atom stereocenters. The molecule has 0 saturated carbocycles. The van der Waals surface area contributed by atoms with E-state index in [1.165, 1.54) is 5.56 Å². The SMILES string of the molecule is CC(C)(C)c1ccc(COC(=O)CCC(=O)Nc2ccccc2)cc1. The number of hydrogen-bond donors (Lipinski definition) is 1. The zero-order chi connectivity index (χ0) is 18.3. The first kappa shape index (κ1) is 18.7. The highest BCUT2D eigenvalue weighted by molar-refractivity contribution is 5.92. The van der Waals surface area contributed by atoms with Crippen LogP contribution in [0.1, 0.15) is 44.7 Å². The van der Waals surface area contributed by atoms with Crippen LogP contribution < -0.4 is 5.32 Å². The molecule has 0 spiro atoms. The minimum Gasteiger partial charge on any atom is -0.461 e. The lowest BCUT2D eigenvalue weighted by Gasteiger charge is -2.19. The quantitative estimate of drug-likeness (QED) is 0.791. The molecule has 2 aromatic rings. The number of carbonyl (C=O) groups excluding carboxylic acids is 2. The summed E-state index contributed by atoms with van der Waals surface area (Å²) >= 11 is 0. The van der Waals surface area contributed by atoms with Crippen molar-refractivity contribution in [2.45, 2.75) is 45.6 Å². The van der Waals surface area contributed by atoms with Gasteiger partial charge in [0.25, 0.3) is 0 Å². The van der Waals surface area contributed by atoms with Crippen LogP contribution in [-0.4, -0.2) is 11.9 Å². The molecule has 0 aliphatic carbocycles. The Morgan fingerprint density at radius 3 is 2.16 bits per heavy atom. The Balaban J connectivity index is 1.72. The lowest BCUT2D eigenvalue weighted by atomic mass is 9.87. The number of benzene rings is 2. The number of rotatable bonds is 6. The highest BCUT2D eigenvalue weighted by Gasteiger charge is 2.13. The van der Waals surface area contributed by atoms with Crippen LogP contribution in [-0.2, 0) is 26.3 Å². The molecule has 1 amide bonds. The Morgan fingerprint density at radius 2 is 1.56 bits per heavy atom. The fourth-order valence-corrected chi connectivity index (χ4v) is 2.30. The number of anilines is 1. The molecule has 132 valence electrons. The third-order valence-electron chi connectivity index (χ3n) is 3.83. The Labute approximate surface area is 149 Å². The molecular weight excluding hydrogens is 314 g/mol. The maximum absolute atomic E-state index is 11.8. The van der Waals surface area contributed by atoms with Crippen LogP contribution in [0, 0.1) is 0 Å². The van der Waals surface area contributed by atoms with Gasteiger partial charge in [-0.25, -0.2) is 0 Å². The molecule has 0 bridgehead atoms. The smallest absolute Gasteiger partial charge is 0.306 e. The largest absolute Gasteiger partial charge is 0.461 e. The highest BCUT2D eigenvalue weighted by atomic mass is 16.5. The van der Waals surface area contributed by atoms with Crippen LogP contribution in [0.25, 0.3) is 0 Å². The summed E-state index contributed by atoms with van der Waals surface area (Å²) in [6.45, 7) is 6.69. The number of nitrogens with one attached hydrogen (secondary N) is 1. The molecule has 25 heavy (non-hydrogen) atoms. The fraction of sp³-hybridized carbons (Fsp3) is 0.333. The Morgan fingerprint density at radius 1 is 0.920 bits per heavy atom. The maximum Gasteiger partial charge on any atom is 0.306 e. The molecule has 4 heteroatoms. The van der Waals surface area contributed by atoms with Crippen molar-refractivity contribution >= 4 is 17.6 Å². The van der Waals surface area contributed by atoms with Crippen molar-refractivity contribution in [1.29, 1.82) is 0 Å². The molecule has 1 N–H and O–H groups in total. The van der Waals surface area contributed by atoms with E-state index in [1.807, 2.05) is 30.3 Å². The van der Waals surface area contributed by atoms with Crippen molar-refractivity contribution in [3.05, 3.63) is 65.7 Å². The monoisotopic (exact) mass is 339 g/mol. The van der Waals surface area contributed by atoms with Gasteiger partial charge in [0.2, 0.25) is 5.91 Å². The molecule has 0 heterocycles. The number of ether oxygens (including phenoxy) is 1. The predicted molar refractivity (Wildman–Crippen MR) is 99.2 cm³/mol. The van der Waals surface area contributed by atoms with E-state index in [0.717, 1.165) is 11.3 Å². The summed E-state index contributed by atoms with van der Waals surface area (Å²) in [5.74, 6) is -0.569. The number of carbonyl (C=O) groups is 2. The lowest BCUT2D eigenvalue weighted by molar-refractivity contribution is -0.145. The summed E-state index contributed by atoms with van der Waals surface area (Å²) in [6, 6.07) is 17.2. The number of esters is 1. The first-order valence-corrected chi connectivity index (χ1v) is 8.44. The van der Waals surface area contributed by atoms with Crippen molar-refractivity contribution in [1.82, 2.24) is 0 Å². The standard InChI is InChI=1S/C21H25NO3/c1-21(2,3)17-11-9-16(10-12-17)15-25-20(24)14-13-19(23)22-18-7-5-4-6-8-18/h4-12H,13-15H2,1-3H3,(H,22,23). The number of amides is 1. The molecule has 4 nitrogen and oxygen atoms in total. The Bertz CT molecular complexity index is 700. The minimum absolute atomic E-state index is 0.0682. The summed E-state index contributed by atoms with van der Waals surface area (Å²) < 4.78 is 5.24. The van der Waals surface area contributed by atoms with Crippen LogP contribution in [0.2, 0.25) is 0 Å². The average molecular weight is 339 g/mol. The van der Waals surface area contributed by atoms with Crippen molar-refractivity contribution < 1.29 is 14.3 Å². The van der Waals surface area contributed by atoms with E-state index in [-0.39, 0.29) is 36.7 Å².